The summed E-state index contributed by atoms with van der Waals surface area (Å²) in [7, 11) is -4.39. The number of fused-ring (bicyclic) bond motifs is 2. The predicted molar refractivity (Wildman–Crippen MR) is 219 cm³/mol. The van der Waals surface area contributed by atoms with Crippen LogP contribution in [-0.4, -0.2) is 103 Å². The molecule has 19 heteroatoms. The van der Waals surface area contributed by atoms with Crippen molar-refractivity contribution in [3.8, 4) is 11.5 Å². The van der Waals surface area contributed by atoms with Crippen molar-refractivity contribution in [2.24, 2.45) is 0 Å². The highest BCUT2D eigenvalue weighted by Crippen LogP contribution is 2.43. The van der Waals surface area contributed by atoms with E-state index < -0.39 is 70.5 Å². The maximum absolute atomic E-state index is 16.4. The number of anilines is 1. The van der Waals surface area contributed by atoms with E-state index in [0.717, 1.165) is 5.56 Å². The highest BCUT2D eigenvalue weighted by atomic mass is 32.2. The van der Waals surface area contributed by atoms with Crippen molar-refractivity contribution in [3.05, 3.63) is 95.4 Å². The van der Waals surface area contributed by atoms with E-state index in [1.807, 2.05) is 17.7 Å². The van der Waals surface area contributed by atoms with Crippen LogP contribution in [-0.2, 0) is 42.5 Å². The lowest BCUT2D eigenvalue weighted by Gasteiger charge is -2.42. The quantitative estimate of drug-likeness (QED) is 0.182. The molecule has 2 atom stereocenters. The molecule has 1 aromatic heterocycles. The lowest BCUT2D eigenvalue weighted by atomic mass is 9.85. The summed E-state index contributed by atoms with van der Waals surface area (Å²) in [5.41, 5.74) is 1.93. The van der Waals surface area contributed by atoms with Crippen LogP contribution >= 0.6 is 0 Å². The second-order valence-corrected chi connectivity index (χ2v) is 17.7. The minimum absolute atomic E-state index is 0.00787. The number of amides is 4. The predicted octanol–water partition coefficient (Wildman–Crippen LogP) is 4.34. The normalized spacial score (nSPS) is 21.5. The van der Waals surface area contributed by atoms with Crippen LogP contribution in [0.2, 0.25) is 0 Å². The zero-order valence-corrected chi connectivity index (χ0v) is 34.3. The minimum atomic E-state index is -4.39. The molecule has 9 rings (SSSR count). The van der Waals surface area contributed by atoms with Crippen molar-refractivity contribution >= 4 is 61.2 Å². The van der Waals surface area contributed by atoms with Gasteiger partial charge in [0.25, 0.3) is 11.8 Å². The van der Waals surface area contributed by atoms with E-state index in [9.17, 15) is 27.6 Å². The molecule has 0 bridgehead atoms. The molecule has 0 spiro atoms. The summed E-state index contributed by atoms with van der Waals surface area (Å²) in [6.07, 6.45) is 0.152. The highest BCUT2D eigenvalue weighted by molar-refractivity contribution is 7.92. The summed E-state index contributed by atoms with van der Waals surface area (Å²) >= 11 is 0. The molecular formula is C43H42F3N7O8S. The van der Waals surface area contributed by atoms with Crippen LogP contribution < -0.4 is 23.8 Å². The van der Waals surface area contributed by atoms with Gasteiger partial charge in [-0.05, 0) is 67.1 Å². The fourth-order valence-corrected chi connectivity index (χ4v) is 9.90. The summed E-state index contributed by atoms with van der Waals surface area (Å²) in [6, 6.07) is 20.2. The highest BCUT2D eigenvalue weighted by Gasteiger charge is 2.47. The number of rotatable bonds is 11. The fourth-order valence-electron chi connectivity index (χ4n) is 8.74. The molecule has 2 N–H and O–H groups in total. The van der Waals surface area contributed by atoms with Gasteiger partial charge >= 0.3 is 10.2 Å². The van der Waals surface area contributed by atoms with Crippen molar-refractivity contribution in [1.82, 2.24) is 29.6 Å². The Balaban J connectivity index is 0.835. The number of nitrogens with zero attached hydrogens (tertiary/aromatic N) is 5. The van der Waals surface area contributed by atoms with Gasteiger partial charge in [0.1, 0.15) is 36.4 Å². The average Bonchev–Trinajstić information content (AvgIpc) is 3.72. The Bertz CT molecular complexity index is 2750. The molecule has 5 aromatic rings. The van der Waals surface area contributed by atoms with E-state index in [-0.39, 0.29) is 74.3 Å². The first kappa shape index (κ1) is 41.2. The lowest BCUT2D eigenvalue weighted by molar-refractivity contribution is -0.144. The van der Waals surface area contributed by atoms with E-state index >= 15 is 13.2 Å². The van der Waals surface area contributed by atoms with Crippen LogP contribution in [0.25, 0.3) is 21.7 Å². The van der Waals surface area contributed by atoms with E-state index in [1.165, 1.54) is 21.9 Å². The minimum Gasteiger partial charge on any atom is -0.487 e. The third kappa shape index (κ3) is 7.78. The Labute approximate surface area is 353 Å². The first-order valence-corrected chi connectivity index (χ1v) is 21.8. The summed E-state index contributed by atoms with van der Waals surface area (Å²) < 4.78 is 90.0. The molecule has 15 nitrogen and oxygen atoms in total. The van der Waals surface area contributed by atoms with Crippen molar-refractivity contribution in [2.75, 3.05) is 43.6 Å². The SMILES string of the molecule is CCn1nc(C2CCC(=O)NC2=O)c2ccc(C3CCN(CC(=O)N4CC(Oc5ccc6cc(OCc7ccccc7)c(N7CC(=O)NS7(=O)=O)c(F)c6c5)C4)CC3(F)F)cc21. The number of carbonyl (C=O) groups excluding carboxylic acids is 4. The summed E-state index contributed by atoms with van der Waals surface area (Å²) in [5, 5.41) is 8.08. The Kier molecular flexibility index (Phi) is 10.6. The van der Waals surface area contributed by atoms with Gasteiger partial charge < -0.3 is 14.4 Å². The molecule has 4 aromatic carbocycles. The molecule has 0 aliphatic carbocycles. The lowest BCUT2D eigenvalue weighted by Crippen LogP contribution is -2.59. The number of imide groups is 1. The third-order valence-corrected chi connectivity index (χ3v) is 13.3. The van der Waals surface area contributed by atoms with E-state index in [4.69, 9.17) is 9.47 Å². The molecule has 4 aliphatic heterocycles. The number of aryl methyl sites for hydroxylation is 1. The molecule has 324 valence electrons. The monoisotopic (exact) mass is 873 g/mol. The van der Waals surface area contributed by atoms with Gasteiger partial charge in [-0.2, -0.15) is 13.5 Å². The average molecular weight is 874 g/mol. The number of benzene rings is 4. The number of aromatic nitrogens is 2. The molecule has 4 saturated heterocycles. The molecule has 5 heterocycles. The molecular weight excluding hydrogens is 832 g/mol. The number of alkyl halides is 2. The van der Waals surface area contributed by atoms with Crippen molar-refractivity contribution in [1.29, 1.82) is 0 Å². The maximum atomic E-state index is 16.4. The van der Waals surface area contributed by atoms with Crippen LogP contribution in [0.1, 0.15) is 54.8 Å². The standard InChI is InChI=1S/C43H42F3N7O8S/c1-2-52-34-16-27(9-11-30(34)40(48-52)31-12-13-36(54)47-42(31)57)33-14-15-50(24-43(33,45)46)22-38(56)51-19-29(20-51)61-28-10-8-26-17-35(60-23-25-6-4-3-5-7-25)41(39(44)32(26)18-28)53-21-37(55)49-62(53,58)59/h3-11,16-18,29,31,33H,2,12-15,19-24H2,1H3,(H,49,55)(H,47,54,57). The number of nitrogens with one attached hydrogen (secondary N) is 2. The fraction of sp³-hybridized carbons (Fsp3) is 0.372. The zero-order chi connectivity index (χ0) is 43.5. The molecule has 2 unspecified atom stereocenters. The second kappa shape index (κ2) is 15.9. The largest absolute Gasteiger partial charge is 0.487 e. The van der Waals surface area contributed by atoms with Crippen LogP contribution in [0.15, 0.2) is 72.8 Å². The summed E-state index contributed by atoms with van der Waals surface area (Å²) in [5.74, 6) is -7.53. The van der Waals surface area contributed by atoms with Crippen LogP contribution in [0.3, 0.4) is 0 Å². The number of piperidine rings is 2. The molecule has 0 radical (unpaired) electrons. The van der Waals surface area contributed by atoms with E-state index in [1.54, 1.807) is 59.3 Å². The molecule has 4 amide bonds. The van der Waals surface area contributed by atoms with Crippen LogP contribution in [0.5, 0.6) is 11.5 Å². The number of carbonyl (C=O) groups is 4. The van der Waals surface area contributed by atoms with Crippen LogP contribution in [0.4, 0.5) is 18.9 Å². The van der Waals surface area contributed by atoms with E-state index in [2.05, 4.69) is 10.4 Å². The maximum Gasteiger partial charge on any atom is 0.326 e. The molecule has 62 heavy (non-hydrogen) atoms. The van der Waals surface area contributed by atoms with E-state index in [0.29, 0.717) is 44.8 Å². The first-order valence-electron chi connectivity index (χ1n) is 20.3. The zero-order valence-electron chi connectivity index (χ0n) is 33.5. The smallest absolute Gasteiger partial charge is 0.326 e. The van der Waals surface area contributed by atoms with Gasteiger partial charge in [-0.15, -0.1) is 0 Å². The van der Waals surface area contributed by atoms with Gasteiger partial charge in [0, 0.05) is 23.7 Å². The Morgan fingerprint density at radius 1 is 0.968 bits per heavy atom. The number of halogens is 3. The van der Waals surface area contributed by atoms with Gasteiger partial charge in [0.15, 0.2) is 5.82 Å². The number of likely N-dealkylation sites (tertiary alicyclic amines) is 2. The molecule has 4 fully saturated rings. The van der Waals surface area contributed by atoms with Gasteiger partial charge in [-0.1, -0.05) is 48.5 Å². The topological polar surface area (TPSA) is 172 Å². The van der Waals surface area contributed by atoms with Gasteiger partial charge in [-0.3, -0.25) is 34.1 Å². The van der Waals surface area contributed by atoms with Crippen molar-refractivity contribution in [2.45, 2.75) is 63.2 Å². The number of ether oxygens (including phenoxy) is 2. The third-order valence-electron chi connectivity index (χ3n) is 11.9. The summed E-state index contributed by atoms with van der Waals surface area (Å²) in [6.45, 7) is 1.49. The Morgan fingerprint density at radius 2 is 1.76 bits per heavy atom. The Morgan fingerprint density at radius 3 is 2.47 bits per heavy atom. The number of hydrogen-bond acceptors (Lipinski definition) is 10. The van der Waals surface area contributed by atoms with Crippen molar-refractivity contribution in [3.63, 3.8) is 0 Å². The molecule has 0 saturated carbocycles. The number of hydrogen-bond donors (Lipinski definition) is 2. The first-order chi connectivity index (χ1) is 29.7. The van der Waals surface area contributed by atoms with Crippen molar-refractivity contribution < 1.29 is 50.2 Å². The summed E-state index contributed by atoms with van der Waals surface area (Å²) in [4.78, 5) is 52.7. The molecule has 4 aliphatic rings. The second-order valence-electron chi connectivity index (χ2n) is 16.1. The van der Waals surface area contributed by atoms with Gasteiger partial charge in [-0.25, -0.2) is 22.2 Å². The van der Waals surface area contributed by atoms with Gasteiger partial charge in [0.05, 0.1) is 49.2 Å². The Hall–Kier alpha value is -6.21. The van der Waals surface area contributed by atoms with Crippen LogP contribution in [0, 0.1) is 5.82 Å². The van der Waals surface area contributed by atoms with Gasteiger partial charge in [0.2, 0.25) is 17.7 Å².